The molecule has 0 amide bonds. The summed E-state index contributed by atoms with van der Waals surface area (Å²) in [6, 6.07) is 0. The molecule has 10 heavy (non-hydrogen) atoms. The van der Waals surface area contributed by atoms with Gasteiger partial charge >= 0.3 is 37.7 Å². The molecule has 0 N–H and O–H groups in total. The molecule has 0 aliphatic carbocycles. The van der Waals surface area contributed by atoms with Crippen molar-refractivity contribution in [3.8, 4) is 0 Å². The van der Waals surface area contributed by atoms with E-state index in [-0.39, 0.29) is 37.7 Å². The quantitative estimate of drug-likeness (QED) is 0.273. The van der Waals surface area contributed by atoms with Gasteiger partial charge in [0.15, 0.2) is 0 Å². The van der Waals surface area contributed by atoms with Crippen LogP contribution >= 0.6 is 0 Å². The van der Waals surface area contributed by atoms with E-state index in [0.29, 0.717) is 12.2 Å². The summed E-state index contributed by atoms with van der Waals surface area (Å²) in [5, 5.41) is 18.8. The zero-order chi connectivity index (χ0) is 6.57. The van der Waals surface area contributed by atoms with Gasteiger partial charge in [-0.05, 0) is 12.2 Å². The number of carbonyl (C=O) groups excluding carboxylic acids is 2. The molecular formula is C4H2Li2O4. The van der Waals surface area contributed by atoms with E-state index in [1.165, 1.54) is 0 Å². The molecule has 0 aliphatic heterocycles. The van der Waals surface area contributed by atoms with Crippen LogP contribution in [0.4, 0.5) is 0 Å². The molecule has 0 aromatic carbocycles. The maximum atomic E-state index is 9.41. The zero-order valence-electron chi connectivity index (χ0n) is 5.79. The Balaban J connectivity index is -0.000000245. The van der Waals surface area contributed by atoms with Gasteiger partial charge in [-0.15, -0.1) is 0 Å². The molecule has 44 valence electrons. The fourth-order valence-electron chi connectivity index (χ4n) is 0.136. The van der Waals surface area contributed by atoms with Crippen molar-refractivity contribution < 1.29 is 57.5 Å². The summed E-state index contributed by atoms with van der Waals surface area (Å²) >= 11 is 0. The van der Waals surface area contributed by atoms with Crippen LogP contribution in [0.3, 0.4) is 0 Å². The van der Waals surface area contributed by atoms with Gasteiger partial charge in [0, 0.05) is 0 Å². The maximum absolute atomic E-state index is 9.41. The van der Waals surface area contributed by atoms with Gasteiger partial charge in [-0.2, -0.15) is 0 Å². The first-order valence-corrected chi connectivity index (χ1v) is 1.73. The van der Waals surface area contributed by atoms with Crippen LogP contribution < -0.4 is 47.9 Å². The molecule has 6 heteroatoms. The number of hydrogen-bond acceptors (Lipinski definition) is 4. The Kier molecular flexibility index (Phi) is 14.6. The average molecular weight is 128 g/mol. The molecule has 4 nitrogen and oxygen atoms in total. The van der Waals surface area contributed by atoms with Crippen LogP contribution in [0.2, 0.25) is 0 Å². The number of hydrogen-bond donors (Lipinski definition) is 0. The van der Waals surface area contributed by atoms with E-state index in [1.807, 2.05) is 0 Å². The van der Waals surface area contributed by atoms with Crippen LogP contribution in [-0.4, -0.2) is 11.9 Å². The van der Waals surface area contributed by atoms with E-state index in [9.17, 15) is 19.8 Å². The minimum Gasteiger partial charge on any atom is -0.545 e. The van der Waals surface area contributed by atoms with Gasteiger partial charge in [-0.1, -0.05) is 0 Å². The first-order valence-electron chi connectivity index (χ1n) is 1.73. The van der Waals surface area contributed by atoms with E-state index < -0.39 is 11.9 Å². The zero-order valence-corrected chi connectivity index (χ0v) is 5.79. The number of carboxylic acid groups (broad SMARTS) is 2. The molecule has 0 heterocycles. The maximum Gasteiger partial charge on any atom is 1.00 e. The molecular weight excluding hydrogens is 126 g/mol. The number of rotatable bonds is 2. The summed E-state index contributed by atoms with van der Waals surface area (Å²) < 4.78 is 0. The Morgan fingerprint density at radius 2 is 1.10 bits per heavy atom. The summed E-state index contributed by atoms with van der Waals surface area (Å²) in [5.41, 5.74) is 0. The molecule has 0 radical (unpaired) electrons. The van der Waals surface area contributed by atoms with E-state index >= 15 is 0 Å². The first kappa shape index (κ1) is 16.5. The molecule has 0 atom stereocenters. The summed E-state index contributed by atoms with van der Waals surface area (Å²) in [6.07, 6.45) is 0.769. The molecule has 0 spiro atoms. The van der Waals surface area contributed by atoms with Crippen LogP contribution in [0.25, 0.3) is 0 Å². The van der Waals surface area contributed by atoms with Gasteiger partial charge in [0.05, 0.1) is 11.9 Å². The van der Waals surface area contributed by atoms with Crippen molar-refractivity contribution in [3.63, 3.8) is 0 Å². The van der Waals surface area contributed by atoms with Crippen molar-refractivity contribution in [2.75, 3.05) is 0 Å². The van der Waals surface area contributed by atoms with Gasteiger partial charge in [0.25, 0.3) is 0 Å². The molecule has 0 saturated heterocycles. The summed E-state index contributed by atoms with van der Waals surface area (Å²) in [6.45, 7) is 0. The van der Waals surface area contributed by atoms with E-state index in [2.05, 4.69) is 0 Å². The van der Waals surface area contributed by atoms with Crippen molar-refractivity contribution in [1.29, 1.82) is 0 Å². The molecule has 0 fully saturated rings. The molecule has 0 bridgehead atoms. The second-order valence-corrected chi connectivity index (χ2v) is 0.971. The van der Waals surface area contributed by atoms with E-state index in [4.69, 9.17) is 0 Å². The van der Waals surface area contributed by atoms with Gasteiger partial charge in [0.2, 0.25) is 0 Å². The van der Waals surface area contributed by atoms with Crippen molar-refractivity contribution >= 4 is 11.9 Å². The van der Waals surface area contributed by atoms with Crippen molar-refractivity contribution in [1.82, 2.24) is 0 Å². The normalized spacial score (nSPS) is 7.60. The fourth-order valence-corrected chi connectivity index (χ4v) is 0.136. The van der Waals surface area contributed by atoms with Gasteiger partial charge in [0.1, 0.15) is 0 Å². The van der Waals surface area contributed by atoms with E-state index in [0.717, 1.165) is 0 Å². The fraction of sp³-hybridized carbons (Fsp3) is 0. The first-order chi connectivity index (χ1) is 3.63. The smallest absolute Gasteiger partial charge is 0.545 e. The number of aliphatic carboxylic acids is 2. The third-order valence-corrected chi connectivity index (χ3v) is 0.355. The SMILES string of the molecule is O=C([O-])/C=C/C(=O)[O-].[Li+].[Li+]. The van der Waals surface area contributed by atoms with E-state index in [1.54, 1.807) is 0 Å². The monoisotopic (exact) mass is 128 g/mol. The van der Waals surface area contributed by atoms with Crippen LogP contribution in [-0.2, 0) is 9.59 Å². The number of carbonyl (C=O) groups is 2. The second-order valence-electron chi connectivity index (χ2n) is 0.971. The number of carboxylic acids is 2. The Morgan fingerprint density at radius 1 is 0.900 bits per heavy atom. The summed E-state index contributed by atoms with van der Waals surface area (Å²) in [7, 11) is 0. The Labute approximate surface area is 81.7 Å². The molecule has 0 aromatic heterocycles. The summed E-state index contributed by atoms with van der Waals surface area (Å²) in [4.78, 5) is 18.8. The Morgan fingerprint density at radius 3 is 1.20 bits per heavy atom. The predicted molar refractivity (Wildman–Crippen MR) is 19.2 cm³/mol. The third-order valence-electron chi connectivity index (χ3n) is 0.355. The van der Waals surface area contributed by atoms with Gasteiger partial charge < -0.3 is 19.8 Å². The van der Waals surface area contributed by atoms with Crippen LogP contribution in [0, 0.1) is 0 Å². The predicted octanol–water partition coefficient (Wildman–Crippen LogP) is -8.95. The Hall–Kier alpha value is -0.125. The minimum absolute atomic E-state index is 0. The minimum atomic E-state index is -1.55. The van der Waals surface area contributed by atoms with Gasteiger partial charge in [-0.25, -0.2) is 0 Å². The molecule has 0 rings (SSSR count). The average Bonchev–Trinajstić information content (AvgIpc) is 1.61. The summed E-state index contributed by atoms with van der Waals surface area (Å²) in [5.74, 6) is -3.09. The molecule has 0 saturated carbocycles. The third kappa shape index (κ3) is 15.7. The second kappa shape index (κ2) is 8.87. The molecule has 0 aromatic rings. The van der Waals surface area contributed by atoms with Crippen LogP contribution in [0.5, 0.6) is 0 Å². The molecule has 0 aliphatic rings. The van der Waals surface area contributed by atoms with Gasteiger partial charge in [-0.3, -0.25) is 0 Å². The van der Waals surface area contributed by atoms with Crippen molar-refractivity contribution in [2.45, 2.75) is 0 Å². The van der Waals surface area contributed by atoms with Crippen molar-refractivity contribution in [3.05, 3.63) is 12.2 Å². The molecule has 0 unspecified atom stereocenters. The topological polar surface area (TPSA) is 80.3 Å². The van der Waals surface area contributed by atoms with Crippen LogP contribution in [0.15, 0.2) is 12.2 Å². The van der Waals surface area contributed by atoms with Crippen LogP contribution in [0.1, 0.15) is 0 Å². The van der Waals surface area contributed by atoms with Crippen molar-refractivity contribution in [2.24, 2.45) is 0 Å². The standard InChI is InChI=1S/C4H4O4.2Li/c5-3(6)1-2-4(7)8;;/h1-2H,(H,5,6)(H,7,8);;/q;2*+1/p-2/b2-1+;;. The largest absolute Gasteiger partial charge is 1.00 e. The Bertz CT molecular complexity index is 126.